The molecule has 0 bridgehead atoms. The van der Waals surface area contributed by atoms with Gasteiger partial charge in [0.2, 0.25) is 0 Å². The Morgan fingerprint density at radius 2 is 1.73 bits per heavy atom. The molecule has 1 N–H and O–H groups in total. The molecule has 7 heteroatoms. The minimum Gasteiger partial charge on any atom is -0.489 e. The summed E-state index contributed by atoms with van der Waals surface area (Å²) in [4.78, 5) is 12.1. The van der Waals surface area contributed by atoms with Crippen LogP contribution >= 0.6 is 23.2 Å². The number of benzene rings is 3. The van der Waals surface area contributed by atoms with Gasteiger partial charge in [0.15, 0.2) is 6.10 Å². The summed E-state index contributed by atoms with van der Waals surface area (Å²) < 4.78 is 11.3. The van der Waals surface area contributed by atoms with Gasteiger partial charge < -0.3 is 9.47 Å². The van der Waals surface area contributed by atoms with Crippen molar-refractivity contribution in [3.63, 3.8) is 0 Å². The van der Waals surface area contributed by atoms with E-state index >= 15 is 0 Å². The van der Waals surface area contributed by atoms with Gasteiger partial charge in [-0.25, -0.2) is 5.43 Å². The van der Waals surface area contributed by atoms with Crippen LogP contribution in [0.15, 0.2) is 77.9 Å². The molecule has 1 amide bonds. The zero-order valence-electron chi connectivity index (χ0n) is 16.2. The summed E-state index contributed by atoms with van der Waals surface area (Å²) in [6, 6.07) is 21.7. The maximum atomic E-state index is 12.1. The quantitative estimate of drug-likeness (QED) is 0.370. The van der Waals surface area contributed by atoms with Gasteiger partial charge >= 0.3 is 0 Å². The van der Waals surface area contributed by atoms with Gasteiger partial charge in [-0.3, -0.25) is 4.79 Å². The molecule has 1 atom stereocenters. The number of nitrogens with zero attached hydrogens (tertiary/aromatic N) is 1. The molecule has 0 heterocycles. The van der Waals surface area contributed by atoms with Gasteiger partial charge in [0.25, 0.3) is 5.91 Å². The predicted molar refractivity (Wildman–Crippen MR) is 120 cm³/mol. The van der Waals surface area contributed by atoms with E-state index in [1.54, 1.807) is 37.4 Å². The Morgan fingerprint density at radius 3 is 2.43 bits per heavy atom. The summed E-state index contributed by atoms with van der Waals surface area (Å²) in [7, 11) is 0. The van der Waals surface area contributed by atoms with Crippen molar-refractivity contribution in [1.29, 1.82) is 0 Å². The number of amides is 1. The number of hydrazone groups is 1. The molecule has 0 spiro atoms. The lowest BCUT2D eigenvalue weighted by atomic mass is 10.2. The number of ether oxygens (including phenoxy) is 2. The van der Waals surface area contributed by atoms with Crippen LogP contribution in [0.4, 0.5) is 0 Å². The number of nitrogens with one attached hydrogen (secondary N) is 1. The Balaban J connectivity index is 1.46. The Kier molecular flexibility index (Phi) is 7.71. The average Bonchev–Trinajstić information content (AvgIpc) is 2.74. The maximum Gasteiger partial charge on any atom is 0.280 e. The van der Waals surface area contributed by atoms with Crippen LogP contribution in [0.2, 0.25) is 10.0 Å². The third kappa shape index (κ3) is 6.79. The number of hydrogen-bond donors (Lipinski definition) is 1. The molecular weight excluding hydrogens is 423 g/mol. The average molecular weight is 443 g/mol. The number of carbonyl (C=O) groups is 1. The van der Waals surface area contributed by atoms with Gasteiger partial charge in [-0.05, 0) is 72.6 Å². The molecule has 3 rings (SSSR count). The van der Waals surface area contributed by atoms with Gasteiger partial charge in [0.05, 0.1) is 6.21 Å². The fourth-order valence-corrected chi connectivity index (χ4v) is 2.76. The van der Waals surface area contributed by atoms with Crippen molar-refractivity contribution in [3.05, 3.63) is 94.0 Å². The van der Waals surface area contributed by atoms with E-state index in [1.165, 1.54) is 0 Å². The highest BCUT2D eigenvalue weighted by Crippen LogP contribution is 2.18. The number of rotatable bonds is 8. The van der Waals surface area contributed by atoms with E-state index in [0.717, 1.165) is 16.9 Å². The molecule has 0 radical (unpaired) electrons. The molecule has 0 saturated carbocycles. The van der Waals surface area contributed by atoms with E-state index in [9.17, 15) is 4.79 Å². The van der Waals surface area contributed by atoms with Gasteiger partial charge in [-0.15, -0.1) is 0 Å². The summed E-state index contributed by atoms with van der Waals surface area (Å²) >= 11 is 11.8. The normalized spacial score (nSPS) is 11.8. The minimum atomic E-state index is -0.718. The van der Waals surface area contributed by atoms with Crippen molar-refractivity contribution in [2.45, 2.75) is 19.6 Å². The fraction of sp³-hybridized carbons (Fsp3) is 0.130. The van der Waals surface area contributed by atoms with Crippen LogP contribution in [0.5, 0.6) is 11.5 Å². The van der Waals surface area contributed by atoms with E-state index in [1.807, 2.05) is 48.5 Å². The summed E-state index contributed by atoms with van der Waals surface area (Å²) in [6.07, 6.45) is 0.830. The van der Waals surface area contributed by atoms with Crippen molar-refractivity contribution >= 4 is 35.3 Å². The van der Waals surface area contributed by atoms with Crippen LogP contribution in [0.3, 0.4) is 0 Å². The first-order valence-corrected chi connectivity index (χ1v) is 9.97. The van der Waals surface area contributed by atoms with Crippen LogP contribution < -0.4 is 14.9 Å². The highest BCUT2D eigenvalue weighted by Gasteiger charge is 2.13. The largest absolute Gasteiger partial charge is 0.489 e. The molecule has 0 saturated heterocycles. The second-order valence-corrected chi connectivity index (χ2v) is 7.31. The molecular formula is C23H20Cl2N2O3. The van der Waals surface area contributed by atoms with Gasteiger partial charge in [-0.2, -0.15) is 5.10 Å². The SMILES string of the molecule is C[C@@H](Oc1cccc(Cl)c1)C(=O)N/N=C\c1ccc(OCc2ccc(Cl)cc2)cc1. The fourth-order valence-electron chi connectivity index (χ4n) is 2.46. The zero-order valence-corrected chi connectivity index (χ0v) is 17.7. The third-order valence-corrected chi connectivity index (χ3v) is 4.55. The maximum absolute atomic E-state index is 12.1. The van der Waals surface area contributed by atoms with E-state index in [-0.39, 0.29) is 5.91 Å². The molecule has 3 aromatic rings. The smallest absolute Gasteiger partial charge is 0.280 e. The first-order valence-electron chi connectivity index (χ1n) is 9.22. The predicted octanol–water partition coefficient (Wildman–Crippen LogP) is 5.49. The third-order valence-electron chi connectivity index (χ3n) is 4.07. The lowest BCUT2D eigenvalue weighted by Crippen LogP contribution is -2.33. The van der Waals surface area contributed by atoms with Gasteiger partial charge in [0.1, 0.15) is 18.1 Å². The molecule has 3 aromatic carbocycles. The second kappa shape index (κ2) is 10.7. The summed E-state index contributed by atoms with van der Waals surface area (Å²) in [5, 5.41) is 5.20. The zero-order chi connectivity index (χ0) is 21.3. The van der Waals surface area contributed by atoms with Crippen LogP contribution in [0.25, 0.3) is 0 Å². The standard InChI is InChI=1S/C23H20Cl2N2O3/c1-16(30-22-4-2-3-20(25)13-22)23(28)27-26-14-17-7-11-21(12-8-17)29-15-18-5-9-19(24)10-6-18/h2-14,16H,15H2,1H3,(H,27,28)/b26-14-/t16-/m1/s1. The number of carbonyl (C=O) groups excluding carboxylic acids is 1. The van der Waals surface area contributed by atoms with Crippen molar-refractivity contribution in [2.24, 2.45) is 5.10 Å². The lowest BCUT2D eigenvalue weighted by molar-refractivity contribution is -0.127. The first-order chi connectivity index (χ1) is 14.5. The molecule has 0 aliphatic rings. The lowest BCUT2D eigenvalue weighted by Gasteiger charge is -2.12. The number of hydrogen-bond acceptors (Lipinski definition) is 4. The van der Waals surface area contributed by atoms with Crippen LogP contribution in [0, 0.1) is 0 Å². The monoisotopic (exact) mass is 442 g/mol. The Hall–Kier alpha value is -3.02. The Labute approximate surface area is 185 Å². The van der Waals surface area contributed by atoms with Crippen molar-refractivity contribution in [1.82, 2.24) is 5.43 Å². The van der Waals surface area contributed by atoms with E-state index in [4.69, 9.17) is 32.7 Å². The summed E-state index contributed by atoms with van der Waals surface area (Å²) in [6.45, 7) is 2.09. The molecule has 0 fully saturated rings. The first kappa shape index (κ1) is 21.7. The van der Waals surface area contributed by atoms with Crippen LogP contribution in [-0.4, -0.2) is 18.2 Å². The van der Waals surface area contributed by atoms with Crippen molar-refractivity contribution < 1.29 is 14.3 Å². The second-order valence-electron chi connectivity index (χ2n) is 6.44. The van der Waals surface area contributed by atoms with Crippen molar-refractivity contribution in [3.8, 4) is 11.5 Å². The highest BCUT2D eigenvalue weighted by atomic mass is 35.5. The minimum absolute atomic E-state index is 0.367. The molecule has 0 aliphatic heterocycles. The number of halogens is 2. The van der Waals surface area contributed by atoms with Crippen LogP contribution in [0.1, 0.15) is 18.1 Å². The molecule has 5 nitrogen and oxygen atoms in total. The van der Waals surface area contributed by atoms with Gasteiger partial charge in [0, 0.05) is 10.0 Å². The topological polar surface area (TPSA) is 59.9 Å². The van der Waals surface area contributed by atoms with Crippen LogP contribution in [-0.2, 0) is 11.4 Å². The summed E-state index contributed by atoms with van der Waals surface area (Å²) in [5.41, 5.74) is 4.31. The molecule has 0 aromatic heterocycles. The van der Waals surface area contributed by atoms with Crippen molar-refractivity contribution in [2.75, 3.05) is 0 Å². The Bertz CT molecular complexity index is 1010. The van der Waals surface area contributed by atoms with E-state index < -0.39 is 6.10 Å². The Morgan fingerprint density at radius 1 is 1.00 bits per heavy atom. The van der Waals surface area contributed by atoms with E-state index in [2.05, 4.69) is 10.5 Å². The summed E-state index contributed by atoms with van der Waals surface area (Å²) in [5.74, 6) is 0.882. The highest BCUT2D eigenvalue weighted by molar-refractivity contribution is 6.30. The molecule has 30 heavy (non-hydrogen) atoms. The molecule has 0 aliphatic carbocycles. The van der Waals surface area contributed by atoms with Gasteiger partial charge in [-0.1, -0.05) is 41.4 Å². The van der Waals surface area contributed by atoms with E-state index in [0.29, 0.717) is 22.4 Å². The molecule has 0 unspecified atom stereocenters. The molecule has 154 valence electrons.